The Hall–Kier alpha value is -1.40. The number of nitrogens with zero attached hydrogens (tertiary/aromatic N) is 2. The first kappa shape index (κ1) is 11.1. The SMILES string of the molecule is COCCOc1nc(N)nc2sc(C)cc12. The fourth-order valence-corrected chi connectivity index (χ4v) is 2.24. The molecule has 6 heteroatoms. The molecule has 2 aromatic rings. The van der Waals surface area contributed by atoms with Crippen LogP contribution in [-0.4, -0.2) is 30.3 Å². The Labute approximate surface area is 97.2 Å². The molecule has 0 aliphatic rings. The number of hydrogen-bond donors (Lipinski definition) is 1. The Bertz CT molecular complexity index is 498. The van der Waals surface area contributed by atoms with Crippen molar-refractivity contribution in [2.45, 2.75) is 6.92 Å². The summed E-state index contributed by atoms with van der Waals surface area (Å²) in [6, 6.07) is 2.00. The molecule has 16 heavy (non-hydrogen) atoms. The number of aryl methyl sites for hydroxylation is 1. The normalized spacial score (nSPS) is 10.9. The summed E-state index contributed by atoms with van der Waals surface area (Å²) in [5.74, 6) is 0.769. The van der Waals surface area contributed by atoms with Crippen LogP contribution < -0.4 is 10.5 Å². The quantitative estimate of drug-likeness (QED) is 0.821. The summed E-state index contributed by atoms with van der Waals surface area (Å²) in [6.45, 7) is 2.99. The fourth-order valence-electron chi connectivity index (χ4n) is 1.36. The number of nitrogens with two attached hydrogens (primary N) is 1. The Morgan fingerprint density at radius 3 is 2.94 bits per heavy atom. The number of hydrogen-bond acceptors (Lipinski definition) is 6. The maximum atomic E-state index is 5.61. The Morgan fingerprint density at radius 2 is 2.19 bits per heavy atom. The van der Waals surface area contributed by atoms with E-state index >= 15 is 0 Å². The first-order valence-electron chi connectivity index (χ1n) is 4.86. The van der Waals surface area contributed by atoms with Crippen LogP contribution in [0.5, 0.6) is 5.88 Å². The minimum Gasteiger partial charge on any atom is -0.475 e. The van der Waals surface area contributed by atoms with E-state index in [1.807, 2.05) is 13.0 Å². The summed E-state index contributed by atoms with van der Waals surface area (Å²) in [4.78, 5) is 10.3. The number of thiophene rings is 1. The first-order chi connectivity index (χ1) is 7.70. The molecule has 0 bridgehead atoms. The van der Waals surface area contributed by atoms with Crippen LogP contribution in [0, 0.1) is 6.92 Å². The molecule has 0 atom stereocenters. The highest BCUT2D eigenvalue weighted by Crippen LogP contribution is 2.30. The molecule has 5 nitrogen and oxygen atoms in total. The molecule has 0 aliphatic carbocycles. The van der Waals surface area contributed by atoms with Crippen LogP contribution in [0.15, 0.2) is 6.07 Å². The maximum absolute atomic E-state index is 5.61. The van der Waals surface area contributed by atoms with Crippen molar-refractivity contribution in [1.82, 2.24) is 9.97 Å². The minimum absolute atomic E-state index is 0.238. The molecule has 86 valence electrons. The van der Waals surface area contributed by atoms with E-state index in [0.29, 0.717) is 19.1 Å². The first-order valence-corrected chi connectivity index (χ1v) is 5.67. The molecule has 0 aliphatic heterocycles. The third-order valence-electron chi connectivity index (χ3n) is 2.02. The number of methoxy groups -OCH3 is 1. The minimum atomic E-state index is 0.238. The molecule has 0 radical (unpaired) electrons. The number of anilines is 1. The van der Waals surface area contributed by atoms with Gasteiger partial charge in [0, 0.05) is 12.0 Å². The van der Waals surface area contributed by atoms with Gasteiger partial charge in [-0.3, -0.25) is 0 Å². The highest BCUT2D eigenvalue weighted by atomic mass is 32.1. The monoisotopic (exact) mass is 239 g/mol. The molecule has 0 amide bonds. The van der Waals surface area contributed by atoms with Gasteiger partial charge in [0.05, 0.1) is 12.0 Å². The van der Waals surface area contributed by atoms with Gasteiger partial charge >= 0.3 is 0 Å². The van der Waals surface area contributed by atoms with Gasteiger partial charge in [-0.05, 0) is 13.0 Å². The van der Waals surface area contributed by atoms with E-state index < -0.39 is 0 Å². The van der Waals surface area contributed by atoms with Crippen LogP contribution in [0.1, 0.15) is 4.88 Å². The van der Waals surface area contributed by atoms with Crippen molar-refractivity contribution in [3.63, 3.8) is 0 Å². The van der Waals surface area contributed by atoms with Crippen molar-refractivity contribution >= 4 is 27.5 Å². The molecule has 0 aromatic carbocycles. The standard InChI is InChI=1S/C10H13N3O2S/c1-6-5-7-8(15-4-3-14-2)12-10(11)13-9(7)16-6/h5H,3-4H2,1-2H3,(H2,11,12,13). The van der Waals surface area contributed by atoms with E-state index in [-0.39, 0.29) is 5.95 Å². The largest absolute Gasteiger partial charge is 0.475 e. The summed E-state index contributed by atoms with van der Waals surface area (Å²) in [5, 5.41) is 0.910. The molecule has 0 unspecified atom stereocenters. The number of aromatic nitrogens is 2. The lowest BCUT2D eigenvalue weighted by Crippen LogP contribution is -2.07. The van der Waals surface area contributed by atoms with Crippen LogP contribution in [0.4, 0.5) is 5.95 Å². The number of rotatable bonds is 4. The van der Waals surface area contributed by atoms with Gasteiger partial charge in [-0.15, -0.1) is 11.3 Å². The lowest BCUT2D eigenvalue weighted by atomic mass is 10.3. The lowest BCUT2D eigenvalue weighted by molar-refractivity contribution is 0.144. The van der Waals surface area contributed by atoms with Gasteiger partial charge in [0.1, 0.15) is 11.4 Å². The predicted molar refractivity (Wildman–Crippen MR) is 63.9 cm³/mol. The van der Waals surface area contributed by atoms with E-state index in [0.717, 1.165) is 15.1 Å². The number of fused-ring (bicyclic) bond motifs is 1. The lowest BCUT2D eigenvalue weighted by Gasteiger charge is -2.05. The molecule has 0 spiro atoms. The average Bonchev–Trinajstić information content (AvgIpc) is 2.58. The zero-order valence-electron chi connectivity index (χ0n) is 9.19. The molecule has 2 N–H and O–H groups in total. The van der Waals surface area contributed by atoms with Crippen molar-refractivity contribution < 1.29 is 9.47 Å². The number of nitrogen functional groups attached to an aromatic ring is 1. The second-order valence-corrected chi connectivity index (χ2v) is 4.54. The Kier molecular flexibility index (Phi) is 3.21. The van der Waals surface area contributed by atoms with Crippen molar-refractivity contribution in [3.8, 4) is 5.88 Å². The van der Waals surface area contributed by atoms with Crippen molar-refractivity contribution in [3.05, 3.63) is 10.9 Å². The second-order valence-electron chi connectivity index (χ2n) is 3.30. The van der Waals surface area contributed by atoms with Gasteiger partial charge in [0.2, 0.25) is 11.8 Å². The molecule has 2 aromatic heterocycles. The van der Waals surface area contributed by atoms with Crippen LogP contribution in [0.3, 0.4) is 0 Å². The van der Waals surface area contributed by atoms with E-state index in [4.69, 9.17) is 15.2 Å². The zero-order chi connectivity index (χ0) is 11.5. The summed E-state index contributed by atoms with van der Waals surface area (Å²) in [7, 11) is 1.63. The number of ether oxygens (including phenoxy) is 2. The van der Waals surface area contributed by atoms with E-state index in [1.54, 1.807) is 18.4 Å². The van der Waals surface area contributed by atoms with E-state index in [2.05, 4.69) is 9.97 Å². The van der Waals surface area contributed by atoms with Crippen LogP contribution in [-0.2, 0) is 4.74 Å². The van der Waals surface area contributed by atoms with Crippen molar-refractivity contribution in [2.24, 2.45) is 0 Å². The molecular weight excluding hydrogens is 226 g/mol. The summed E-state index contributed by atoms with van der Waals surface area (Å²) in [6.07, 6.45) is 0. The third-order valence-corrected chi connectivity index (χ3v) is 2.97. The molecule has 0 saturated carbocycles. The second kappa shape index (κ2) is 4.63. The Balaban J connectivity index is 2.34. The highest BCUT2D eigenvalue weighted by molar-refractivity contribution is 7.18. The van der Waals surface area contributed by atoms with Crippen molar-refractivity contribution in [1.29, 1.82) is 0 Å². The molecule has 0 fully saturated rings. The topological polar surface area (TPSA) is 70.3 Å². The van der Waals surface area contributed by atoms with Crippen molar-refractivity contribution in [2.75, 3.05) is 26.1 Å². The highest BCUT2D eigenvalue weighted by Gasteiger charge is 2.10. The smallest absolute Gasteiger partial charge is 0.227 e. The zero-order valence-corrected chi connectivity index (χ0v) is 10.0. The molecular formula is C10H13N3O2S. The molecule has 2 rings (SSSR count). The van der Waals surface area contributed by atoms with E-state index in [1.165, 1.54) is 0 Å². The Morgan fingerprint density at radius 1 is 1.38 bits per heavy atom. The van der Waals surface area contributed by atoms with Gasteiger partial charge in [-0.1, -0.05) is 0 Å². The van der Waals surface area contributed by atoms with Crippen LogP contribution >= 0.6 is 11.3 Å². The van der Waals surface area contributed by atoms with Gasteiger partial charge in [0.25, 0.3) is 0 Å². The maximum Gasteiger partial charge on any atom is 0.227 e. The van der Waals surface area contributed by atoms with Gasteiger partial charge in [-0.25, -0.2) is 4.98 Å². The van der Waals surface area contributed by atoms with Gasteiger partial charge < -0.3 is 15.2 Å². The third kappa shape index (κ3) is 2.23. The van der Waals surface area contributed by atoms with Crippen LogP contribution in [0.2, 0.25) is 0 Å². The van der Waals surface area contributed by atoms with Crippen LogP contribution in [0.25, 0.3) is 10.2 Å². The predicted octanol–water partition coefficient (Wildman–Crippen LogP) is 1.61. The molecule has 2 heterocycles. The van der Waals surface area contributed by atoms with Gasteiger partial charge in [0.15, 0.2) is 0 Å². The molecule has 0 saturated heterocycles. The van der Waals surface area contributed by atoms with Gasteiger partial charge in [-0.2, -0.15) is 4.98 Å². The summed E-state index contributed by atoms with van der Waals surface area (Å²) in [5.41, 5.74) is 5.61. The average molecular weight is 239 g/mol. The fraction of sp³-hybridized carbons (Fsp3) is 0.400. The van der Waals surface area contributed by atoms with E-state index in [9.17, 15) is 0 Å². The summed E-state index contributed by atoms with van der Waals surface area (Å²) < 4.78 is 10.4. The summed E-state index contributed by atoms with van der Waals surface area (Å²) >= 11 is 1.58.